The molecule has 132 valence electrons. The first-order valence-corrected chi connectivity index (χ1v) is 8.44. The number of nitrogens with one attached hydrogen (secondary N) is 2. The lowest BCUT2D eigenvalue weighted by Gasteiger charge is -2.12. The molecule has 0 aliphatic rings. The van der Waals surface area contributed by atoms with Gasteiger partial charge in [0.15, 0.2) is 11.7 Å². The minimum Gasteiger partial charge on any atom is -0.506 e. The number of ether oxygens (including phenoxy) is 1. The normalized spacial score (nSPS) is 10.3. The second-order valence-electron chi connectivity index (χ2n) is 5.82. The van der Waals surface area contributed by atoms with Crippen LogP contribution in [0.2, 0.25) is 0 Å². The van der Waals surface area contributed by atoms with Crippen molar-refractivity contribution in [2.24, 2.45) is 0 Å². The number of phenols is 1. The molecule has 6 heteroatoms. The molecule has 26 heavy (non-hydrogen) atoms. The summed E-state index contributed by atoms with van der Waals surface area (Å²) in [6.07, 6.45) is 0. The van der Waals surface area contributed by atoms with E-state index in [0.29, 0.717) is 11.4 Å². The molecule has 3 aromatic carbocycles. The molecule has 0 fully saturated rings. The van der Waals surface area contributed by atoms with Crippen molar-refractivity contribution in [3.63, 3.8) is 0 Å². The summed E-state index contributed by atoms with van der Waals surface area (Å²) < 4.78 is 5.52. The van der Waals surface area contributed by atoms with Crippen LogP contribution in [-0.2, 0) is 4.79 Å². The highest BCUT2D eigenvalue weighted by Crippen LogP contribution is 2.23. The maximum Gasteiger partial charge on any atom is 0.264 e. The molecule has 0 saturated carbocycles. The predicted octanol–water partition coefficient (Wildman–Crippen LogP) is 3.75. The van der Waals surface area contributed by atoms with Crippen molar-refractivity contribution in [1.82, 2.24) is 5.32 Å². The highest BCUT2D eigenvalue weighted by atomic mass is 32.1. The summed E-state index contributed by atoms with van der Waals surface area (Å²) in [6, 6.07) is 18.6. The third-order valence-electron chi connectivity index (χ3n) is 3.74. The van der Waals surface area contributed by atoms with Crippen molar-refractivity contribution in [1.29, 1.82) is 0 Å². The van der Waals surface area contributed by atoms with Gasteiger partial charge >= 0.3 is 0 Å². The topological polar surface area (TPSA) is 70.6 Å². The Bertz CT molecular complexity index is 972. The van der Waals surface area contributed by atoms with Gasteiger partial charge in [0.2, 0.25) is 0 Å². The average Bonchev–Trinajstić information content (AvgIpc) is 2.63. The molecule has 0 aliphatic heterocycles. The van der Waals surface area contributed by atoms with Gasteiger partial charge in [-0.3, -0.25) is 10.1 Å². The van der Waals surface area contributed by atoms with Gasteiger partial charge in [0.25, 0.3) is 5.91 Å². The molecular formula is C20H18N2O3S. The fraction of sp³-hybridized carbons (Fsp3) is 0.100. The van der Waals surface area contributed by atoms with Gasteiger partial charge in [0.1, 0.15) is 11.5 Å². The summed E-state index contributed by atoms with van der Waals surface area (Å²) in [5, 5.41) is 17.4. The monoisotopic (exact) mass is 366 g/mol. The lowest BCUT2D eigenvalue weighted by Crippen LogP contribution is -2.37. The molecule has 0 atom stereocenters. The third kappa shape index (κ3) is 4.49. The maximum atomic E-state index is 12.0. The highest BCUT2D eigenvalue weighted by molar-refractivity contribution is 7.80. The molecule has 3 rings (SSSR count). The zero-order chi connectivity index (χ0) is 18.5. The Morgan fingerprint density at radius 1 is 1.08 bits per heavy atom. The van der Waals surface area contributed by atoms with E-state index in [1.807, 2.05) is 49.4 Å². The number of anilines is 1. The first kappa shape index (κ1) is 17.7. The van der Waals surface area contributed by atoms with E-state index in [1.54, 1.807) is 18.2 Å². The number of aromatic hydroxyl groups is 1. The minimum absolute atomic E-state index is 0.0552. The summed E-state index contributed by atoms with van der Waals surface area (Å²) in [4.78, 5) is 12.0. The van der Waals surface area contributed by atoms with E-state index >= 15 is 0 Å². The van der Waals surface area contributed by atoms with Crippen molar-refractivity contribution >= 4 is 39.7 Å². The van der Waals surface area contributed by atoms with Crippen molar-refractivity contribution in [3.8, 4) is 11.5 Å². The van der Waals surface area contributed by atoms with Crippen LogP contribution >= 0.6 is 12.2 Å². The number of rotatable bonds is 4. The summed E-state index contributed by atoms with van der Waals surface area (Å²) in [7, 11) is 0. The van der Waals surface area contributed by atoms with Crippen LogP contribution in [0.5, 0.6) is 11.5 Å². The molecule has 3 aromatic rings. The van der Waals surface area contributed by atoms with E-state index < -0.39 is 0 Å². The zero-order valence-corrected chi connectivity index (χ0v) is 15.0. The van der Waals surface area contributed by atoms with E-state index in [9.17, 15) is 9.90 Å². The quantitative estimate of drug-likeness (QED) is 0.485. The number of aryl methyl sites for hydroxylation is 1. The molecule has 1 amide bonds. The Kier molecular flexibility index (Phi) is 5.34. The van der Waals surface area contributed by atoms with Crippen molar-refractivity contribution in [2.45, 2.75) is 6.92 Å². The minimum atomic E-state index is -0.386. The number of hydrogen-bond acceptors (Lipinski definition) is 4. The van der Waals surface area contributed by atoms with Crippen molar-refractivity contribution < 1.29 is 14.6 Å². The second-order valence-corrected chi connectivity index (χ2v) is 6.23. The molecule has 3 N–H and O–H groups in total. The van der Waals surface area contributed by atoms with E-state index in [2.05, 4.69) is 10.6 Å². The first-order chi connectivity index (χ1) is 12.5. The average molecular weight is 366 g/mol. The maximum absolute atomic E-state index is 12.0. The summed E-state index contributed by atoms with van der Waals surface area (Å²) in [6.45, 7) is 1.73. The lowest BCUT2D eigenvalue weighted by atomic mass is 10.1. The smallest absolute Gasteiger partial charge is 0.264 e. The third-order valence-corrected chi connectivity index (χ3v) is 3.95. The van der Waals surface area contributed by atoms with Crippen molar-refractivity contribution in [2.75, 3.05) is 11.9 Å². The van der Waals surface area contributed by atoms with Gasteiger partial charge in [0.05, 0.1) is 5.69 Å². The van der Waals surface area contributed by atoms with Crippen LogP contribution in [0.1, 0.15) is 5.56 Å². The van der Waals surface area contributed by atoms with E-state index in [0.717, 1.165) is 16.3 Å². The van der Waals surface area contributed by atoms with Crippen LogP contribution in [0.3, 0.4) is 0 Å². The van der Waals surface area contributed by atoms with Crippen LogP contribution in [-0.4, -0.2) is 22.7 Å². The molecule has 0 aromatic heterocycles. The van der Waals surface area contributed by atoms with Gasteiger partial charge < -0.3 is 15.2 Å². The molecule has 0 aliphatic carbocycles. The van der Waals surface area contributed by atoms with Gasteiger partial charge in [-0.25, -0.2) is 0 Å². The number of amides is 1. The summed E-state index contributed by atoms with van der Waals surface area (Å²) >= 11 is 5.10. The molecule has 0 heterocycles. The van der Waals surface area contributed by atoms with E-state index in [-0.39, 0.29) is 23.4 Å². The van der Waals surface area contributed by atoms with Gasteiger partial charge in [-0.2, -0.15) is 0 Å². The number of fused-ring (bicyclic) bond motifs is 1. The molecule has 0 spiro atoms. The Hall–Kier alpha value is -3.12. The number of benzene rings is 3. The SMILES string of the molecule is Cc1ccc(O)c(NC(=S)NC(=O)COc2ccc3ccccc3c2)c1. The first-order valence-electron chi connectivity index (χ1n) is 8.03. The van der Waals surface area contributed by atoms with Gasteiger partial charge in [-0.05, 0) is 59.7 Å². The Balaban J connectivity index is 1.54. The van der Waals surface area contributed by atoms with Gasteiger partial charge in [-0.15, -0.1) is 0 Å². The summed E-state index contributed by atoms with van der Waals surface area (Å²) in [5.41, 5.74) is 1.39. The highest BCUT2D eigenvalue weighted by Gasteiger charge is 2.08. The van der Waals surface area contributed by atoms with E-state index in [1.165, 1.54) is 0 Å². The fourth-order valence-corrected chi connectivity index (χ4v) is 2.70. The second kappa shape index (κ2) is 7.84. The fourth-order valence-electron chi connectivity index (χ4n) is 2.47. The van der Waals surface area contributed by atoms with Crippen molar-refractivity contribution in [3.05, 3.63) is 66.2 Å². The predicted molar refractivity (Wildman–Crippen MR) is 107 cm³/mol. The number of thiocarbonyl (C=S) groups is 1. The molecular weight excluding hydrogens is 348 g/mol. The van der Waals surface area contributed by atoms with Crippen LogP contribution in [0.4, 0.5) is 5.69 Å². The van der Waals surface area contributed by atoms with Crippen LogP contribution in [0.15, 0.2) is 60.7 Å². The molecule has 0 radical (unpaired) electrons. The summed E-state index contributed by atoms with van der Waals surface area (Å²) in [5.74, 6) is 0.275. The van der Waals surface area contributed by atoms with Gasteiger partial charge in [-0.1, -0.05) is 36.4 Å². The Morgan fingerprint density at radius 3 is 2.65 bits per heavy atom. The lowest BCUT2D eigenvalue weighted by molar-refractivity contribution is -0.121. The largest absolute Gasteiger partial charge is 0.506 e. The van der Waals surface area contributed by atoms with Crippen LogP contribution in [0, 0.1) is 6.92 Å². The number of carbonyl (C=O) groups excluding carboxylic acids is 1. The Morgan fingerprint density at radius 2 is 1.85 bits per heavy atom. The number of phenolic OH excluding ortho intramolecular Hbond substituents is 1. The standard InChI is InChI=1S/C20H18N2O3S/c1-13-6-9-18(23)17(10-13)21-20(26)22-19(24)12-25-16-8-7-14-4-2-3-5-15(14)11-16/h2-11,23H,12H2,1H3,(H2,21,22,24,26). The molecule has 5 nitrogen and oxygen atoms in total. The Labute approximate surface area is 156 Å². The van der Waals surface area contributed by atoms with E-state index in [4.69, 9.17) is 17.0 Å². The number of hydrogen-bond donors (Lipinski definition) is 3. The number of carbonyl (C=O) groups is 1. The van der Waals surface area contributed by atoms with Gasteiger partial charge in [0, 0.05) is 0 Å². The van der Waals surface area contributed by atoms with Crippen LogP contribution in [0.25, 0.3) is 10.8 Å². The van der Waals surface area contributed by atoms with Crippen LogP contribution < -0.4 is 15.4 Å². The molecule has 0 saturated heterocycles. The molecule has 0 bridgehead atoms. The molecule has 0 unspecified atom stereocenters. The zero-order valence-electron chi connectivity index (χ0n) is 14.2.